The molecule has 0 unspecified atom stereocenters. The number of aliphatic carboxylic acids is 1. The number of ether oxygens (including phenoxy) is 1. The number of methoxy groups -OCH3 is 1. The Kier molecular flexibility index (Phi) is 4.18. The first-order valence-corrected chi connectivity index (χ1v) is 5.96. The van der Waals surface area contributed by atoms with Crippen molar-refractivity contribution >= 4 is 5.97 Å². The minimum absolute atomic E-state index is 0.0562. The number of aromatic nitrogens is 1. The summed E-state index contributed by atoms with van der Waals surface area (Å²) in [5.74, 6) is 0.506. The van der Waals surface area contributed by atoms with Gasteiger partial charge in [-0.25, -0.2) is 4.98 Å². The molecule has 0 bridgehead atoms. The second kappa shape index (κ2) is 6.04. The summed E-state index contributed by atoms with van der Waals surface area (Å²) >= 11 is 0. The maximum atomic E-state index is 10.5. The molecule has 0 spiro atoms. The van der Waals surface area contributed by atoms with Gasteiger partial charge in [-0.1, -0.05) is 18.2 Å². The largest absolute Gasteiger partial charge is 0.496 e. The quantitative estimate of drug-likeness (QED) is 0.863. The molecule has 0 atom stereocenters. The van der Waals surface area contributed by atoms with Crippen molar-refractivity contribution in [1.29, 1.82) is 0 Å². The summed E-state index contributed by atoms with van der Waals surface area (Å²) in [7, 11) is 1.62. The van der Waals surface area contributed by atoms with E-state index in [1.165, 1.54) is 6.26 Å². The van der Waals surface area contributed by atoms with Gasteiger partial charge in [0, 0.05) is 12.0 Å². The van der Waals surface area contributed by atoms with Gasteiger partial charge in [-0.05, 0) is 6.07 Å². The molecule has 100 valence electrons. The molecule has 1 aromatic heterocycles. The van der Waals surface area contributed by atoms with E-state index < -0.39 is 5.97 Å². The van der Waals surface area contributed by atoms with Crippen LogP contribution in [-0.4, -0.2) is 23.2 Å². The van der Waals surface area contributed by atoms with Crippen molar-refractivity contribution in [1.82, 2.24) is 4.98 Å². The molecule has 0 saturated carbocycles. The van der Waals surface area contributed by atoms with E-state index in [4.69, 9.17) is 14.3 Å². The van der Waals surface area contributed by atoms with E-state index in [1.54, 1.807) is 7.11 Å². The summed E-state index contributed by atoms with van der Waals surface area (Å²) < 4.78 is 10.6. The number of nitrogens with zero attached hydrogens (tertiary/aromatic N) is 1. The van der Waals surface area contributed by atoms with E-state index >= 15 is 0 Å². The number of hydrogen-bond donors (Lipinski definition) is 1. The minimum Gasteiger partial charge on any atom is -0.496 e. The van der Waals surface area contributed by atoms with Gasteiger partial charge in [-0.2, -0.15) is 0 Å². The van der Waals surface area contributed by atoms with Crippen LogP contribution in [-0.2, 0) is 17.6 Å². The molecule has 0 amide bonds. The summed E-state index contributed by atoms with van der Waals surface area (Å²) in [5, 5.41) is 8.61. The van der Waals surface area contributed by atoms with Crippen molar-refractivity contribution in [2.45, 2.75) is 19.3 Å². The average molecular weight is 261 g/mol. The monoisotopic (exact) mass is 261 g/mol. The van der Waals surface area contributed by atoms with Crippen LogP contribution in [0, 0.1) is 0 Å². The Morgan fingerprint density at radius 2 is 2.21 bits per heavy atom. The van der Waals surface area contributed by atoms with Crippen molar-refractivity contribution in [3.8, 4) is 5.75 Å². The Morgan fingerprint density at radius 3 is 2.95 bits per heavy atom. The number of para-hydroxylation sites is 1. The number of carboxylic acids is 1. The molecule has 1 N–H and O–H groups in total. The van der Waals surface area contributed by atoms with Crippen LogP contribution in [0.2, 0.25) is 0 Å². The van der Waals surface area contributed by atoms with Crippen molar-refractivity contribution in [2.24, 2.45) is 0 Å². The van der Waals surface area contributed by atoms with Gasteiger partial charge in [0.15, 0.2) is 5.89 Å². The lowest BCUT2D eigenvalue weighted by molar-refractivity contribution is -0.136. The number of hydrogen-bond acceptors (Lipinski definition) is 4. The van der Waals surface area contributed by atoms with E-state index in [0.29, 0.717) is 24.4 Å². The van der Waals surface area contributed by atoms with Gasteiger partial charge >= 0.3 is 5.97 Å². The number of oxazole rings is 1. The van der Waals surface area contributed by atoms with E-state index in [0.717, 1.165) is 11.3 Å². The lowest BCUT2D eigenvalue weighted by atomic mass is 10.1. The molecule has 0 aliphatic heterocycles. The molecule has 19 heavy (non-hydrogen) atoms. The Balaban J connectivity index is 2.05. The molecule has 1 aromatic carbocycles. The maximum absolute atomic E-state index is 10.5. The standard InChI is InChI=1S/C14H15NO4/c1-18-12-5-3-2-4-10(12)8-13-15-11(9-19-13)6-7-14(16)17/h2-5,9H,6-8H2,1H3,(H,16,17). The van der Waals surface area contributed by atoms with Crippen LogP contribution in [0.25, 0.3) is 0 Å². The third-order valence-corrected chi connectivity index (χ3v) is 2.73. The number of aryl methyl sites for hydroxylation is 1. The lowest BCUT2D eigenvalue weighted by Gasteiger charge is -2.05. The number of benzene rings is 1. The molecule has 2 aromatic rings. The maximum Gasteiger partial charge on any atom is 0.303 e. The average Bonchev–Trinajstić information content (AvgIpc) is 2.85. The fraction of sp³-hybridized carbons (Fsp3) is 0.286. The molecule has 0 aliphatic rings. The zero-order chi connectivity index (χ0) is 13.7. The molecule has 0 fully saturated rings. The summed E-state index contributed by atoms with van der Waals surface area (Å²) in [4.78, 5) is 14.7. The zero-order valence-corrected chi connectivity index (χ0v) is 10.6. The van der Waals surface area contributed by atoms with Crippen molar-refractivity contribution < 1.29 is 19.1 Å². The molecule has 0 saturated heterocycles. The Labute approximate surface area is 110 Å². The highest BCUT2D eigenvalue weighted by atomic mass is 16.5. The molecular formula is C14H15NO4. The first-order chi connectivity index (χ1) is 9.19. The fourth-order valence-electron chi connectivity index (χ4n) is 1.79. The van der Waals surface area contributed by atoms with Crippen LogP contribution < -0.4 is 4.74 Å². The van der Waals surface area contributed by atoms with E-state index in [-0.39, 0.29) is 6.42 Å². The normalized spacial score (nSPS) is 10.4. The van der Waals surface area contributed by atoms with Gasteiger partial charge in [0.2, 0.25) is 0 Å². The predicted octanol–water partition coefficient (Wildman–Crippen LogP) is 2.29. The first-order valence-electron chi connectivity index (χ1n) is 5.96. The summed E-state index contributed by atoms with van der Waals surface area (Å²) in [6, 6.07) is 7.64. The predicted molar refractivity (Wildman–Crippen MR) is 68.3 cm³/mol. The SMILES string of the molecule is COc1ccccc1Cc1nc(CCC(=O)O)co1. The first kappa shape index (κ1) is 13.1. The van der Waals surface area contributed by atoms with Gasteiger partial charge in [0.25, 0.3) is 0 Å². The molecule has 0 aliphatic carbocycles. The van der Waals surface area contributed by atoms with Crippen LogP contribution in [0.3, 0.4) is 0 Å². The van der Waals surface area contributed by atoms with Crippen LogP contribution in [0.1, 0.15) is 23.6 Å². The van der Waals surface area contributed by atoms with Crippen LogP contribution in [0.4, 0.5) is 0 Å². The molecule has 2 rings (SSSR count). The number of carbonyl (C=O) groups is 1. The molecule has 1 heterocycles. The van der Waals surface area contributed by atoms with E-state index in [9.17, 15) is 4.79 Å². The topological polar surface area (TPSA) is 72.6 Å². The van der Waals surface area contributed by atoms with Crippen LogP contribution in [0.15, 0.2) is 34.9 Å². The highest BCUT2D eigenvalue weighted by molar-refractivity contribution is 5.66. The fourth-order valence-corrected chi connectivity index (χ4v) is 1.79. The van der Waals surface area contributed by atoms with Gasteiger partial charge in [0.1, 0.15) is 12.0 Å². The van der Waals surface area contributed by atoms with Crippen molar-refractivity contribution in [3.63, 3.8) is 0 Å². The van der Waals surface area contributed by atoms with Crippen molar-refractivity contribution in [3.05, 3.63) is 47.7 Å². The Hall–Kier alpha value is -2.30. The summed E-state index contributed by atoms with van der Waals surface area (Å²) in [6.45, 7) is 0. The smallest absolute Gasteiger partial charge is 0.303 e. The minimum atomic E-state index is -0.839. The molecule has 5 heteroatoms. The Morgan fingerprint density at radius 1 is 1.42 bits per heavy atom. The molecule has 0 radical (unpaired) electrons. The van der Waals surface area contributed by atoms with Gasteiger partial charge in [-0.3, -0.25) is 4.79 Å². The van der Waals surface area contributed by atoms with Crippen LogP contribution >= 0.6 is 0 Å². The second-order valence-electron chi connectivity index (χ2n) is 4.11. The van der Waals surface area contributed by atoms with Gasteiger partial charge < -0.3 is 14.3 Å². The molecular weight excluding hydrogens is 246 g/mol. The zero-order valence-electron chi connectivity index (χ0n) is 10.6. The van der Waals surface area contributed by atoms with Gasteiger partial charge in [-0.15, -0.1) is 0 Å². The Bertz CT molecular complexity index is 562. The van der Waals surface area contributed by atoms with Crippen LogP contribution in [0.5, 0.6) is 5.75 Å². The third-order valence-electron chi connectivity index (χ3n) is 2.73. The highest BCUT2D eigenvalue weighted by Gasteiger charge is 2.09. The third kappa shape index (κ3) is 3.58. The van der Waals surface area contributed by atoms with E-state index in [1.807, 2.05) is 24.3 Å². The second-order valence-corrected chi connectivity index (χ2v) is 4.11. The number of rotatable bonds is 6. The van der Waals surface area contributed by atoms with E-state index in [2.05, 4.69) is 4.98 Å². The molecule has 5 nitrogen and oxygen atoms in total. The van der Waals surface area contributed by atoms with Crippen molar-refractivity contribution in [2.75, 3.05) is 7.11 Å². The summed E-state index contributed by atoms with van der Waals surface area (Å²) in [5.41, 5.74) is 1.64. The highest BCUT2D eigenvalue weighted by Crippen LogP contribution is 2.20. The number of carboxylic acid groups (broad SMARTS) is 1. The summed E-state index contributed by atoms with van der Waals surface area (Å²) in [6.07, 6.45) is 2.47. The van der Waals surface area contributed by atoms with Gasteiger partial charge in [0.05, 0.1) is 25.6 Å². The lowest BCUT2D eigenvalue weighted by Crippen LogP contribution is -1.98.